The first kappa shape index (κ1) is 15.5. The number of nitrogens with one attached hydrogen (secondary N) is 1. The highest BCUT2D eigenvalue weighted by Gasteiger charge is 2.12. The SMILES string of the molecule is CCNCC(OCc1ccccc1)c1ccc(OC)cc1. The van der Waals surface area contributed by atoms with E-state index >= 15 is 0 Å². The Balaban J connectivity index is 2.02. The molecule has 0 heterocycles. The molecule has 3 nitrogen and oxygen atoms in total. The monoisotopic (exact) mass is 285 g/mol. The maximum atomic E-state index is 6.09. The summed E-state index contributed by atoms with van der Waals surface area (Å²) in [4.78, 5) is 0. The largest absolute Gasteiger partial charge is 0.497 e. The summed E-state index contributed by atoms with van der Waals surface area (Å²) < 4.78 is 11.3. The first-order chi connectivity index (χ1) is 10.3. The Morgan fingerprint density at radius 3 is 2.33 bits per heavy atom. The molecule has 0 spiro atoms. The van der Waals surface area contributed by atoms with Gasteiger partial charge in [0, 0.05) is 6.54 Å². The molecule has 1 N–H and O–H groups in total. The fourth-order valence-corrected chi connectivity index (χ4v) is 2.14. The van der Waals surface area contributed by atoms with Crippen LogP contribution in [-0.2, 0) is 11.3 Å². The van der Waals surface area contributed by atoms with E-state index in [1.807, 2.05) is 30.3 Å². The number of benzene rings is 2. The topological polar surface area (TPSA) is 30.5 Å². The summed E-state index contributed by atoms with van der Waals surface area (Å²) in [7, 11) is 1.68. The van der Waals surface area contributed by atoms with Crippen LogP contribution in [0.15, 0.2) is 54.6 Å². The molecule has 1 atom stereocenters. The molecular weight excluding hydrogens is 262 g/mol. The summed E-state index contributed by atoms with van der Waals surface area (Å²) in [6, 6.07) is 18.3. The van der Waals surface area contributed by atoms with E-state index in [-0.39, 0.29) is 6.10 Å². The van der Waals surface area contributed by atoms with Gasteiger partial charge in [-0.2, -0.15) is 0 Å². The van der Waals surface area contributed by atoms with Gasteiger partial charge in [-0.05, 0) is 29.8 Å². The Hall–Kier alpha value is -1.84. The highest BCUT2D eigenvalue weighted by Crippen LogP contribution is 2.21. The van der Waals surface area contributed by atoms with Gasteiger partial charge in [0.05, 0.1) is 19.8 Å². The third-order valence-corrected chi connectivity index (χ3v) is 3.36. The lowest BCUT2D eigenvalue weighted by atomic mass is 10.1. The Bertz CT molecular complexity index is 511. The first-order valence-corrected chi connectivity index (χ1v) is 7.33. The zero-order chi connectivity index (χ0) is 14.9. The average molecular weight is 285 g/mol. The molecule has 0 bridgehead atoms. The van der Waals surface area contributed by atoms with Crippen LogP contribution in [0, 0.1) is 0 Å². The van der Waals surface area contributed by atoms with Gasteiger partial charge in [0.15, 0.2) is 0 Å². The second-order valence-electron chi connectivity index (χ2n) is 4.87. The molecule has 2 aromatic carbocycles. The molecule has 0 aliphatic heterocycles. The molecule has 1 unspecified atom stereocenters. The number of hydrogen-bond donors (Lipinski definition) is 1. The maximum absolute atomic E-state index is 6.09. The van der Waals surface area contributed by atoms with Gasteiger partial charge in [-0.1, -0.05) is 49.4 Å². The van der Waals surface area contributed by atoms with Crippen molar-refractivity contribution < 1.29 is 9.47 Å². The minimum atomic E-state index is 0.0380. The first-order valence-electron chi connectivity index (χ1n) is 7.33. The number of methoxy groups -OCH3 is 1. The van der Waals surface area contributed by atoms with Crippen LogP contribution in [0.3, 0.4) is 0 Å². The Kier molecular flexibility index (Phi) is 6.25. The van der Waals surface area contributed by atoms with E-state index in [0.717, 1.165) is 24.4 Å². The van der Waals surface area contributed by atoms with Gasteiger partial charge in [-0.25, -0.2) is 0 Å². The lowest BCUT2D eigenvalue weighted by Gasteiger charge is -2.19. The molecule has 3 heteroatoms. The molecule has 0 saturated heterocycles. The van der Waals surface area contributed by atoms with Crippen molar-refractivity contribution in [2.75, 3.05) is 20.2 Å². The van der Waals surface area contributed by atoms with Crippen LogP contribution in [0.4, 0.5) is 0 Å². The fraction of sp³-hybridized carbons (Fsp3) is 0.333. The average Bonchev–Trinajstić information content (AvgIpc) is 2.56. The summed E-state index contributed by atoms with van der Waals surface area (Å²) in [5.41, 5.74) is 2.35. The normalized spacial score (nSPS) is 12.1. The highest BCUT2D eigenvalue weighted by molar-refractivity contribution is 5.28. The van der Waals surface area contributed by atoms with Crippen LogP contribution in [0.2, 0.25) is 0 Å². The van der Waals surface area contributed by atoms with E-state index in [4.69, 9.17) is 9.47 Å². The Morgan fingerprint density at radius 1 is 1.00 bits per heavy atom. The third-order valence-electron chi connectivity index (χ3n) is 3.36. The quantitative estimate of drug-likeness (QED) is 0.804. The van der Waals surface area contributed by atoms with Crippen molar-refractivity contribution in [2.24, 2.45) is 0 Å². The predicted octanol–water partition coefficient (Wildman–Crippen LogP) is 3.56. The minimum Gasteiger partial charge on any atom is -0.497 e. The lowest BCUT2D eigenvalue weighted by Crippen LogP contribution is -2.23. The van der Waals surface area contributed by atoms with Crippen molar-refractivity contribution in [3.8, 4) is 5.75 Å². The molecule has 2 rings (SSSR count). The summed E-state index contributed by atoms with van der Waals surface area (Å²) in [5.74, 6) is 0.865. The van der Waals surface area contributed by atoms with Crippen LogP contribution in [0.5, 0.6) is 5.75 Å². The summed E-state index contributed by atoms with van der Waals surface area (Å²) in [6.07, 6.45) is 0.0380. The summed E-state index contributed by atoms with van der Waals surface area (Å²) in [5, 5.41) is 3.36. The molecule has 21 heavy (non-hydrogen) atoms. The zero-order valence-corrected chi connectivity index (χ0v) is 12.7. The van der Waals surface area contributed by atoms with Gasteiger partial charge in [0.25, 0.3) is 0 Å². The number of hydrogen-bond acceptors (Lipinski definition) is 3. The van der Waals surface area contributed by atoms with E-state index < -0.39 is 0 Å². The van der Waals surface area contributed by atoms with Crippen molar-refractivity contribution in [2.45, 2.75) is 19.6 Å². The van der Waals surface area contributed by atoms with Crippen LogP contribution >= 0.6 is 0 Å². The van der Waals surface area contributed by atoms with Gasteiger partial charge in [-0.15, -0.1) is 0 Å². The third kappa shape index (κ3) is 4.88. The standard InChI is InChI=1S/C18H23NO2/c1-3-19-13-18(16-9-11-17(20-2)12-10-16)21-14-15-7-5-4-6-8-15/h4-12,18-19H,3,13-14H2,1-2H3. The number of ether oxygens (including phenoxy) is 2. The van der Waals surface area contributed by atoms with E-state index in [2.05, 4.69) is 36.5 Å². The van der Waals surface area contributed by atoms with Crippen LogP contribution < -0.4 is 10.1 Å². The highest BCUT2D eigenvalue weighted by atomic mass is 16.5. The maximum Gasteiger partial charge on any atom is 0.118 e. The zero-order valence-electron chi connectivity index (χ0n) is 12.7. The molecular formula is C18H23NO2. The van der Waals surface area contributed by atoms with E-state index in [1.165, 1.54) is 5.56 Å². The van der Waals surface area contributed by atoms with Gasteiger partial charge in [0.2, 0.25) is 0 Å². The molecule has 0 aromatic heterocycles. The number of rotatable bonds is 8. The summed E-state index contributed by atoms with van der Waals surface area (Å²) >= 11 is 0. The van der Waals surface area contributed by atoms with Crippen molar-refractivity contribution in [1.29, 1.82) is 0 Å². The van der Waals surface area contributed by atoms with Crippen molar-refractivity contribution in [3.63, 3.8) is 0 Å². The molecule has 0 saturated carbocycles. The molecule has 0 amide bonds. The Labute approximate surface area is 126 Å². The van der Waals surface area contributed by atoms with Crippen LogP contribution in [0.1, 0.15) is 24.2 Å². The second kappa shape index (κ2) is 8.45. The van der Waals surface area contributed by atoms with Crippen molar-refractivity contribution >= 4 is 0 Å². The molecule has 2 aromatic rings. The second-order valence-corrected chi connectivity index (χ2v) is 4.87. The fourth-order valence-electron chi connectivity index (χ4n) is 2.14. The van der Waals surface area contributed by atoms with E-state index in [1.54, 1.807) is 7.11 Å². The lowest BCUT2D eigenvalue weighted by molar-refractivity contribution is 0.0401. The molecule has 0 aliphatic rings. The van der Waals surface area contributed by atoms with E-state index in [0.29, 0.717) is 6.61 Å². The number of likely N-dealkylation sites (N-methyl/N-ethyl adjacent to an activating group) is 1. The van der Waals surface area contributed by atoms with Crippen LogP contribution in [0.25, 0.3) is 0 Å². The molecule has 0 fully saturated rings. The predicted molar refractivity (Wildman–Crippen MR) is 85.5 cm³/mol. The van der Waals surface area contributed by atoms with Gasteiger partial charge >= 0.3 is 0 Å². The van der Waals surface area contributed by atoms with Crippen LogP contribution in [-0.4, -0.2) is 20.2 Å². The molecule has 112 valence electrons. The van der Waals surface area contributed by atoms with Gasteiger partial charge in [-0.3, -0.25) is 0 Å². The minimum absolute atomic E-state index is 0.0380. The van der Waals surface area contributed by atoms with Crippen molar-refractivity contribution in [3.05, 3.63) is 65.7 Å². The molecule has 0 radical (unpaired) electrons. The smallest absolute Gasteiger partial charge is 0.118 e. The van der Waals surface area contributed by atoms with Gasteiger partial charge in [0.1, 0.15) is 5.75 Å². The van der Waals surface area contributed by atoms with Gasteiger partial charge < -0.3 is 14.8 Å². The molecule has 0 aliphatic carbocycles. The van der Waals surface area contributed by atoms with E-state index in [9.17, 15) is 0 Å². The summed E-state index contributed by atoms with van der Waals surface area (Å²) in [6.45, 7) is 4.45. The Morgan fingerprint density at radius 2 is 1.71 bits per heavy atom. The van der Waals surface area contributed by atoms with Crippen molar-refractivity contribution in [1.82, 2.24) is 5.32 Å².